The molecule has 7 heteroatoms. The van der Waals surface area contributed by atoms with Gasteiger partial charge in [-0.2, -0.15) is 0 Å². The van der Waals surface area contributed by atoms with E-state index >= 15 is 0 Å². The smallest absolute Gasteiger partial charge is 0.306 e. The van der Waals surface area contributed by atoms with Gasteiger partial charge in [-0.15, -0.1) is 0 Å². The Morgan fingerprint density at radius 1 is 0.647 bits per heavy atom. The van der Waals surface area contributed by atoms with Crippen LogP contribution >= 0.6 is 0 Å². The van der Waals surface area contributed by atoms with Gasteiger partial charge in [0.15, 0.2) is 6.29 Å². The van der Waals surface area contributed by atoms with E-state index in [9.17, 15) is 9.59 Å². The van der Waals surface area contributed by atoms with Crippen molar-refractivity contribution >= 4 is 11.9 Å². The molecule has 0 spiro atoms. The minimum absolute atomic E-state index is 0.0217. The SMILES string of the molecule is CN(C)CCCC(=O)OC(CCCCCCCCCC(=O)O)CCCCCCCCCC(O)O. The first-order valence-corrected chi connectivity index (χ1v) is 13.7. The summed E-state index contributed by atoms with van der Waals surface area (Å²) in [6, 6.07) is 0. The number of rotatable bonds is 25. The van der Waals surface area contributed by atoms with E-state index in [1.54, 1.807) is 0 Å². The lowest BCUT2D eigenvalue weighted by Crippen LogP contribution is -2.20. The van der Waals surface area contributed by atoms with Crippen molar-refractivity contribution in [3.63, 3.8) is 0 Å². The summed E-state index contributed by atoms with van der Waals surface area (Å²) >= 11 is 0. The quantitative estimate of drug-likeness (QED) is 0.0866. The zero-order chi connectivity index (χ0) is 25.4. The summed E-state index contributed by atoms with van der Waals surface area (Å²) in [6.45, 7) is 0.892. The Labute approximate surface area is 208 Å². The second-order valence-corrected chi connectivity index (χ2v) is 9.96. The van der Waals surface area contributed by atoms with Gasteiger partial charge in [0.2, 0.25) is 0 Å². The maximum atomic E-state index is 12.3. The topological polar surface area (TPSA) is 107 Å². The van der Waals surface area contributed by atoms with Crippen molar-refractivity contribution in [1.82, 2.24) is 4.90 Å². The molecule has 0 aliphatic heterocycles. The number of carbonyl (C=O) groups is 2. The molecule has 0 saturated carbocycles. The molecule has 0 aromatic heterocycles. The molecule has 0 aliphatic rings. The third kappa shape index (κ3) is 25.4. The predicted octanol–water partition coefficient (Wildman–Crippen LogP) is 5.66. The number of hydrogen-bond donors (Lipinski definition) is 3. The fourth-order valence-corrected chi connectivity index (χ4v) is 4.16. The lowest BCUT2D eigenvalue weighted by molar-refractivity contribution is -0.150. The molecular formula is C27H53NO6. The van der Waals surface area contributed by atoms with E-state index in [2.05, 4.69) is 4.90 Å². The Kier molecular flexibility index (Phi) is 22.7. The van der Waals surface area contributed by atoms with Crippen LogP contribution in [0.5, 0.6) is 0 Å². The Hall–Kier alpha value is -1.18. The van der Waals surface area contributed by atoms with Crippen molar-refractivity contribution in [2.45, 2.75) is 141 Å². The molecule has 0 bridgehead atoms. The second-order valence-electron chi connectivity index (χ2n) is 9.96. The first kappa shape index (κ1) is 32.8. The van der Waals surface area contributed by atoms with Gasteiger partial charge in [-0.1, -0.05) is 64.2 Å². The highest BCUT2D eigenvalue weighted by Crippen LogP contribution is 2.18. The Morgan fingerprint density at radius 3 is 1.53 bits per heavy atom. The summed E-state index contributed by atoms with van der Waals surface area (Å²) in [7, 11) is 4.02. The summed E-state index contributed by atoms with van der Waals surface area (Å²) in [5.74, 6) is -0.780. The van der Waals surface area contributed by atoms with Crippen LogP contribution in [-0.2, 0) is 14.3 Å². The van der Waals surface area contributed by atoms with Crippen molar-refractivity contribution in [3.8, 4) is 0 Å². The Morgan fingerprint density at radius 2 is 1.09 bits per heavy atom. The highest BCUT2D eigenvalue weighted by atomic mass is 16.5. The van der Waals surface area contributed by atoms with Crippen molar-refractivity contribution < 1.29 is 29.6 Å². The number of carboxylic acid groups (broad SMARTS) is 1. The summed E-state index contributed by atoms with van der Waals surface area (Å²) < 4.78 is 5.84. The van der Waals surface area contributed by atoms with Crippen molar-refractivity contribution in [2.24, 2.45) is 0 Å². The van der Waals surface area contributed by atoms with Crippen LogP contribution in [0.25, 0.3) is 0 Å². The highest BCUT2D eigenvalue weighted by Gasteiger charge is 2.14. The molecule has 0 amide bonds. The monoisotopic (exact) mass is 487 g/mol. The van der Waals surface area contributed by atoms with Crippen LogP contribution < -0.4 is 0 Å². The number of carbonyl (C=O) groups excluding carboxylic acids is 1. The number of esters is 1. The van der Waals surface area contributed by atoms with Crippen LogP contribution in [0.1, 0.15) is 128 Å². The third-order valence-electron chi connectivity index (χ3n) is 6.19. The number of ether oxygens (including phenoxy) is 1. The fourth-order valence-electron chi connectivity index (χ4n) is 4.16. The fraction of sp³-hybridized carbons (Fsp3) is 0.926. The number of carboxylic acids is 1. The molecule has 0 rings (SSSR count). The van der Waals surface area contributed by atoms with Gasteiger partial charge < -0.3 is 25.0 Å². The van der Waals surface area contributed by atoms with Crippen molar-refractivity contribution in [1.29, 1.82) is 0 Å². The summed E-state index contributed by atoms with van der Waals surface area (Å²) in [4.78, 5) is 24.9. The van der Waals surface area contributed by atoms with E-state index in [-0.39, 0.29) is 18.5 Å². The molecule has 0 aromatic carbocycles. The first-order chi connectivity index (χ1) is 16.3. The minimum atomic E-state index is -1.17. The van der Waals surface area contributed by atoms with Crippen molar-refractivity contribution in [2.75, 3.05) is 20.6 Å². The van der Waals surface area contributed by atoms with Gasteiger partial charge in [-0.3, -0.25) is 9.59 Å². The van der Waals surface area contributed by atoms with Gasteiger partial charge in [0, 0.05) is 12.8 Å². The van der Waals surface area contributed by atoms with Gasteiger partial charge in [0.25, 0.3) is 0 Å². The summed E-state index contributed by atoms with van der Waals surface area (Å²) in [5, 5.41) is 26.4. The number of aliphatic hydroxyl groups excluding tert-OH is 1. The normalized spacial score (nSPS) is 12.4. The zero-order valence-corrected chi connectivity index (χ0v) is 22.0. The average Bonchev–Trinajstić information content (AvgIpc) is 2.75. The molecule has 1 atom stereocenters. The van der Waals surface area contributed by atoms with E-state index in [1.165, 1.54) is 12.8 Å². The molecular weight excluding hydrogens is 434 g/mol. The minimum Gasteiger partial charge on any atom is -0.481 e. The zero-order valence-electron chi connectivity index (χ0n) is 22.0. The van der Waals surface area contributed by atoms with Crippen LogP contribution in [0.2, 0.25) is 0 Å². The van der Waals surface area contributed by atoms with Crippen LogP contribution in [-0.4, -0.2) is 65.2 Å². The largest absolute Gasteiger partial charge is 0.481 e. The lowest BCUT2D eigenvalue weighted by atomic mass is 10.0. The van der Waals surface area contributed by atoms with Crippen molar-refractivity contribution in [3.05, 3.63) is 0 Å². The molecule has 0 fully saturated rings. The van der Waals surface area contributed by atoms with Crippen LogP contribution in [0.3, 0.4) is 0 Å². The number of aliphatic carboxylic acids is 1. The number of unbranched alkanes of at least 4 members (excludes halogenated alkanes) is 12. The van der Waals surface area contributed by atoms with Gasteiger partial charge in [0.1, 0.15) is 6.10 Å². The van der Waals surface area contributed by atoms with Gasteiger partial charge in [0.05, 0.1) is 0 Å². The lowest BCUT2D eigenvalue weighted by Gasteiger charge is -2.18. The molecule has 7 nitrogen and oxygen atoms in total. The summed E-state index contributed by atoms with van der Waals surface area (Å²) in [5.41, 5.74) is 0. The third-order valence-corrected chi connectivity index (χ3v) is 6.19. The maximum Gasteiger partial charge on any atom is 0.306 e. The van der Waals surface area contributed by atoms with Gasteiger partial charge in [-0.05, 0) is 72.0 Å². The summed E-state index contributed by atoms with van der Waals surface area (Å²) in [6.07, 6.45) is 17.7. The van der Waals surface area contributed by atoms with E-state index in [0.717, 1.165) is 103 Å². The molecule has 3 N–H and O–H groups in total. The highest BCUT2D eigenvalue weighted by molar-refractivity contribution is 5.69. The maximum absolute atomic E-state index is 12.3. The van der Waals surface area contributed by atoms with E-state index in [4.69, 9.17) is 20.1 Å². The molecule has 0 radical (unpaired) electrons. The Balaban J connectivity index is 4.03. The van der Waals surface area contributed by atoms with E-state index in [0.29, 0.717) is 12.8 Å². The van der Waals surface area contributed by atoms with Crippen LogP contribution in [0.4, 0.5) is 0 Å². The van der Waals surface area contributed by atoms with Crippen LogP contribution in [0, 0.1) is 0 Å². The average molecular weight is 488 g/mol. The molecule has 0 heterocycles. The van der Waals surface area contributed by atoms with E-state index in [1.807, 2.05) is 14.1 Å². The first-order valence-electron chi connectivity index (χ1n) is 13.7. The van der Waals surface area contributed by atoms with Crippen LogP contribution in [0.15, 0.2) is 0 Å². The molecule has 1 unspecified atom stereocenters. The number of nitrogens with zero attached hydrogens (tertiary/aromatic N) is 1. The predicted molar refractivity (Wildman–Crippen MR) is 137 cm³/mol. The standard InChI is InChI=1S/C27H53NO6/c1-28(2)23-17-22-27(33)34-24(18-13-9-5-3-7-11-15-20-25(29)30)19-14-10-6-4-8-12-16-21-26(31)32/h24-25,29-30H,3-23H2,1-2H3,(H,31,32). The van der Waals surface area contributed by atoms with Gasteiger partial charge in [-0.25, -0.2) is 0 Å². The molecule has 0 aromatic rings. The number of hydrogen-bond acceptors (Lipinski definition) is 6. The Bertz CT molecular complexity index is 484. The number of aliphatic hydroxyl groups is 2. The molecule has 0 saturated heterocycles. The van der Waals surface area contributed by atoms with E-state index < -0.39 is 12.3 Å². The van der Waals surface area contributed by atoms with Gasteiger partial charge >= 0.3 is 11.9 Å². The molecule has 202 valence electrons. The molecule has 0 aliphatic carbocycles. The molecule has 34 heavy (non-hydrogen) atoms. The second kappa shape index (κ2) is 23.6.